The third kappa shape index (κ3) is 3.28. The van der Waals surface area contributed by atoms with Crippen molar-refractivity contribution in [2.45, 2.75) is 19.9 Å². The van der Waals surface area contributed by atoms with E-state index >= 15 is 0 Å². The molecule has 5 heteroatoms. The Bertz CT molecular complexity index is 312. The number of likely N-dealkylation sites (N-methyl/N-ethyl adjacent to an activating group) is 1. The van der Waals surface area contributed by atoms with Gasteiger partial charge in [0.25, 0.3) is 0 Å². The molecule has 82 valence electrons. The summed E-state index contributed by atoms with van der Waals surface area (Å²) in [5.74, 6) is 0.168. The molecule has 0 saturated carbocycles. The molecular weight excluding hydrogens is 192 g/mol. The van der Waals surface area contributed by atoms with Gasteiger partial charge in [-0.25, -0.2) is 9.97 Å². The second kappa shape index (κ2) is 5.41. The number of aromatic nitrogens is 2. The lowest BCUT2D eigenvalue weighted by Gasteiger charge is -2.18. The number of amides is 1. The van der Waals surface area contributed by atoms with Gasteiger partial charge in [-0.3, -0.25) is 4.79 Å². The van der Waals surface area contributed by atoms with E-state index in [1.54, 1.807) is 19.4 Å². The smallest absolute Gasteiger partial charge is 0.241 e. The molecule has 15 heavy (non-hydrogen) atoms. The van der Waals surface area contributed by atoms with Gasteiger partial charge in [-0.15, -0.1) is 0 Å². The summed E-state index contributed by atoms with van der Waals surface area (Å²) in [6.07, 6.45) is 4.56. The molecule has 0 bridgehead atoms. The molecular formula is C10H16N4O. The first-order valence-corrected chi connectivity index (χ1v) is 4.88. The lowest BCUT2D eigenvalue weighted by atomic mass is 10.0. The Morgan fingerprint density at radius 2 is 1.93 bits per heavy atom. The molecule has 0 aliphatic carbocycles. The number of rotatable bonds is 4. The van der Waals surface area contributed by atoms with Crippen LogP contribution in [0.1, 0.15) is 13.8 Å². The molecule has 1 atom stereocenters. The van der Waals surface area contributed by atoms with Crippen LogP contribution in [0.25, 0.3) is 0 Å². The fraction of sp³-hybridized carbons (Fsp3) is 0.500. The second-order valence-electron chi connectivity index (χ2n) is 3.63. The lowest BCUT2D eigenvalue weighted by Crippen LogP contribution is -2.42. The Morgan fingerprint density at radius 3 is 2.40 bits per heavy atom. The number of nitrogens with zero attached hydrogens (tertiary/aromatic N) is 2. The quantitative estimate of drug-likeness (QED) is 0.762. The summed E-state index contributed by atoms with van der Waals surface area (Å²) in [5, 5.41) is 5.72. The van der Waals surface area contributed by atoms with E-state index in [4.69, 9.17) is 0 Å². The molecule has 0 aliphatic heterocycles. The van der Waals surface area contributed by atoms with E-state index in [9.17, 15) is 4.79 Å². The van der Waals surface area contributed by atoms with Crippen molar-refractivity contribution in [1.82, 2.24) is 15.3 Å². The third-order valence-corrected chi connectivity index (χ3v) is 2.09. The molecule has 0 aromatic carbocycles. The van der Waals surface area contributed by atoms with Gasteiger partial charge in [-0.2, -0.15) is 0 Å². The topological polar surface area (TPSA) is 66.9 Å². The van der Waals surface area contributed by atoms with Crippen molar-refractivity contribution in [1.29, 1.82) is 0 Å². The Balaban J connectivity index is 2.62. The van der Waals surface area contributed by atoms with Gasteiger partial charge < -0.3 is 10.6 Å². The average Bonchev–Trinajstić information content (AvgIpc) is 2.19. The van der Waals surface area contributed by atoms with Crippen molar-refractivity contribution in [2.75, 3.05) is 12.4 Å². The van der Waals surface area contributed by atoms with Crippen molar-refractivity contribution in [3.63, 3.8) is 0 Å². The SMILES string of the molecule is CNC(C(=O)Nc1cncnc1)C(C)C. The number of nitrogens with one attached hydrogen (secondary N) is 2. The van der Waals surface area contributed by atoms with E-state index in [-0.39, 0.29) is 17.9 Å². The Morgan fingerprint density at radius 1 is 1.33 bits per heavy atom. The highest BCUT2D eigenvalue weighted by molar-refractivity contribution is 5.94. The molecule has 0 spiro atoms. The predicted octanol–water partition coefficient (Wildman–Crippen LogP) is 0.659. The van der Waals surface area contributed by atoms with Crippen LogP contribution in [0.5, 0.6) is 0 Å². The van der Waals surface area contributed by atoms with Crippen LogP contribution < -0.4 is 10.6 Å². The van der Waals surface area contributed by atoms with Gasteiger partial charge in [0.1, 0.15) is 6.33 Å². The van der Waals surface area contributed by atoms with Crippen LogP contribution >= 0.6 is 0 Å². The van der Waals surface area contributed by atoms with Crippen LogP contribution in [-0.4, -0.2) is 29.0 Å². The minimum atomic E-state index is -0.204. The third-order valence-electron chi connectivity index (χ3n) is 2.09. The van der Waals surface area contributed by atoms with E-state index in [0.29, 0.717) is 5.69 Å². The Kier molecular flexibility index (Phi) is 4.17. The van der Waals surface area contributed by atoms with E-state index in [2.05, 4.69) is 20.6 Å². The Hall–Kier alpha value is -1.49. The predicted molar refractivity (Wildman–Crippen MR) is 58.3 cm³/mol. The molecule has 2 N–H and O–H groups in total. The zero-order chi connectivity index (χ0) is 11.3. The summed E-state index contributed by atoms with van der Waals surface area (Å²) in [4.78, 5) is 19.4. The highest BCUT2D eigenvalue weighted by Crippen LogP contribution is 2.06. The van der Waals surface area contributed by atoms with Gasteiger partial charge in [0.15, 0.2) is 0 Å². The highest BCUT2D eigenvalue weighted by atomic mass is 16.2. The standard InChI is InChI=1S/C10H16N4O/c1-7(2)9(11-3)10(15)14-8-4-12-6-13-5-8/h4-7,9,11H,1-3H3,(H,14,15). The number of anilines is 1. The maximum absolute atomic E-state index is 11.8. The fourth-order valence-corrected chi connectivity index (χ4v) is 1.35. The normalized spacial score (nSPS) is 12.5. The zero-order valence-electron chi connectivity index (χ0n) is 9.19. The van der Waals surface area contributed by atoms with Gasteiger partial charge in [0.2, 0.25) is 5.91 Å². The van der Waals surface area contributed by atoms with Crippen LogP contribution in [0.2, 0.25) is 0 Å². The van der Waals surface area contributed by atoms with E-state index in [1.165, 1.54) is 6.33 Å². The Labute approximate surface area is 89.3 Å². The first kappa shape index (κ1) is 11.6. The van der Waals surface area contributed by atoms with Crippen LogP contribution in [0.15, 0.2) is 18.7 Å². The first-order chi connectivity index (χ1) is 7.15. The molecule has 1 heterocycles. The summed E-state index contributed by atoms with van der Waals surface area (Å²) < 4.78 is 0. The first-order valence-electron chi connectivity index (χ1n) is 4.88. The summed E-state index contributed by atoms with van der Waals surface area (Å²) in [7, 11) is 1.77. The lowest BCUT2D eigenvalue weighted by molar-refractivity contribution is -0.118. The number of hydrogen-bond acceptors (Lipinski definition) is 4. The van der Waals surface area contributed by atoms with Crippen molar-refractivity contribution < 1.29 is 4.79 Å². The van der Waals surface area contributed by atoms with Gasteiger partial charge >= 0.3 is 0 Å². The molecule has 0 fully saturated rings. The molecule has 1 aromatic rings. The molecule has 0 radical (unpaired) electrons. The fourth-order valence-electron chi connectivity index (χ4n) is 1.35. The molecule has 5 nitrogen and oxygen atoms in total. The molecule has 0 aliphatic rings. The average molecular weight is 208 g/mol. The molecule has 1 amide bonds. The van der Waals surface area contributed by atoms with Crippen LogP contribution in [0.3, 0.4) is 0 Å². The number of hydrogen-bond donors (Lipinski definition) is 2. The van der Waals surface area contributed by atoms with Crippen LogP contribution in [-0.2, 0) is 4.79 Å². The van der Waals surface area contributed by atoms with Gasteiger partial charge in [-0.05, 0) is 13.0 Å². The van der Waals surface area contributed by atoms with E-state index in [1.807, 2.05) is 13.8 Å². The highest BCUT2D eigenvalue weighted by Gasteiger charge is 2.19. The van der Waals surface area contributed by atoms with Crippen molar-refractivity contribution in [2.24, 2.45) is 5.92 Å². The van der Waals surface area contributed by atoms with Crippen molar-refractivity contribution >= 4 is 11.6 Å². The van der Waals surface area contributed by atoms with E-state index < -0.39 is 0 Å². The number of carbonyl (C=O) groups excluding carboxylic acids is 1. The van der Waals surface area contributed by atoms with Gasteiger partial charge in [0, 0.05) is 0 Å². The van der Waals surface area contributed by atoms with Crippen LogP contribution in [0.4, 0.5) is 5.69 Å². The van der Waals surface area contributed by atoms with Gasteiger partial charge in [-0.1, -0.05) is 13.8 Å². The summed E-state index contributed by atoms with van der Waals surface area (Å²) in [6.45, 7) is 3.98. The summed E-state index contributed by atoms with van der Waals surface area (Å²) in [5.41, 5.74) is 0.614. The summed E-state index contributed by atoms with van der Waals surface area (Å²) in [6, 6.07) is -0.204. The zero-order valence-corrected chi connectivity index (χ0v) is 9.19. The minimum Gasteiger partial charge on any atom is -0.322 e. The van der Waals surface area contributed by atoms with Crippen molar-refractivity contribution in [3.8, 4) is 0 Å². The monoisotopic (exact) mass is 208 g/mol. The van der Waals surface area contributed by atoms with Crippen molar-refractivity contribution in [3.05, 3.63) is 18.7 Å². The summed E-state index contributed by atoms with van der Waals surface area (Å²) >= 11 is 0. The minimum absolute atomic E-state index is 0.0673. The molecule has 1 rings (SSSR count). The van der Waals surface area contributed by atoms with Gasteiger partial charge in [0.05, 0.1) is 24.1 Å². The molecule has 0 saturated heterocycles. The maximum Gasteiger partial charge on any atom is 0.241 e. The largest absolute Gasteiger partial charge is 0.322 e. The van der Waals surface area contributed by atoms with E-state index in [0.717, 1.165) is 0 Å². The van der Waals surface area contributed by atoms with Crippen LogP contribution in [0, 0.1) is 5.92 Å². The number of carbonyl (C=O) groups is 1. The second-order valence-corrected chi connectivity index (χ2v) is 3.63. The molecule has 1 unspecified atom stereocenters. The maximum atomic E-state index is 11.8. The molecule has 1 aromatic heterocycles.